The Morgan fingerprint density at radius 3 is 2.74 bits per heavy atom. The molecule has 31 heavy (non-hydrogen) atoms. The molecule has 0 bridgehead atoms. The van der Waals surface area contributed by atoms with Crippen molar-refractivity contribution in [2.45, 2.75) is 37.1 Å². The molecule has 4 atom stereocenters. The van der Waals surface area contributed by atoms with Crippen LogP contribution in [0.25, 0.3) is 10.9 Å². The van der Waals surface area contributed by atoms with E-state index in [1.807, 2.05) is 54.7 Å². The molecule has 2 heterocycles. The van der Waals surface area contributed by atoms with Crippen LogP contribution >= 0.6 is 0 Å². The lowest BCUT2D eigenvalue weighted by Gasteiger charge is -2.41. The molecule has 1 saturated heterocycles. The number of aromatic nitrogens is 1. The van der Waals surface area contributed by atoms with Crippen molar-refractivity contribution in [2.24, 2.45) is 0 Å². The van der Waals surface area contributed by atoms with Gasteiger partial charge in [0.15, 0.2) is 0 Å². The summed E-state index contributed by atoms with van der Waals surface area (Å²) in [6.07, 6.45) is -1.67. The number of hydrogen-bond acceptors (Lipinski definition) is 7. The molecule has 1 fully saturated rings. The monoisotopic (exact) mass is 428 g/mol. The van der Waals surface area contributed by atoms with Gasteiger partial charge < -0.3 is 40.2 Å². The van der Waals surface area contributed by atoms with Gasteiger partial charge in [-0.1, -0.05) is 30.3 Å². The molecule has 0 unspecified atom stereocenters. The van der Waals surface area contributed by atoms with Crippen LogP contribution in [0.3, 0.4) is 0 Å². The summed E-state index contributed by atoms with van der Waals surface area (Å²) >= 11 is 0. The van der Waals surface area contributed by atoms with Gasteiger partial charge in [-0.2, -0.15) is 0 Å². The Hall–Kier alpha value is -2.46. The van der Waals surface area contributed by atoms with Gasteiger partial charge in [-0.15, -0.1) is 0 Å². The first-order valence-corrected chi connectivity index (χ1v) is 10.3. The minimum Gasteiger partial charge on any atom is -0.489 e. The zero-order valence-corrected chi connectivity index (χ0v) is 17.1. The molecule has 1 aliphatic rings. The van der Waals surface area contributed by atoms with Gasteiger partial charge in [-0.3, -0.25) is 0 Å². The summed E-state index contributed by atoms with van der Waals surface area (Å²) in [5.74, 6) is -1.16. The molecule has 0 spiro atoms. The van der Waals surface area contributed by atoms with Gasteiger partial charge in [-0.25, -0.2) is 0 Å². The van der Waals surface area contributed by atoms with E-state index < -0.39 is 24.1 Å². The number of aliphatic hydroxyl groups is 4. The van der Waals surface area contributed by atoms with Crippen molar-refractivity contribution in [3.63, 3.8) is 0 Å². The van der Waals surface area contributed by atoms with E-state index in [9.17, 15) is 20.4 Å². The molecule has 1 aliphatic heterocycles. The Balaban J connectivity index is 1.33. The first kappa shape index (κ1) is 21.8. The van der Waals surface area contributed by atoms with E-state index in [-0.39, 0.29) is 13.2 Å². The number of fused-ring (bicyclic) bond motifs is 1. The molecule has 8 nitrogen and oxygen atoms in total. The number of nitrogens with one attached hydrogen (secondary N) is 2. The number of ether oxygens (including phenoxy) is 2. The normalized spacial score (nSPS) is 26.3. The molecule has 0 saturated carbocycles. The lowest BCUT2D eigenvalue weighted by Crippen LogP contribution is -2.64. The smallest absolute Gasteiger partial charge is 0.207 e. The quantitative estimate of drug-likeness (QED) is 0.291. The van der Waals surface area contributed by atoms with Gasteiger partial charge in [0.1, 0.15) is 30.7 Å². The summed E-state index contributed by atoms with van der Waals surface area (Å²) in [6, 6.07) is 15.9. The van der Waals surface area contributed by atoms with Gasteiger partial charge in [0.2, 0.25) is 5.79 Å². The van der Waals surface area contributed by atoms with Crippen LogP contribution in [0.4, 0.5) is 0 Å². The topological polar surface area (TPSA) is 127 Å². The zero-order valence-electron chi connectivity index (χ0n) is 17.1. The summed E-state index contributed by atoms with van der Waals surface area (Å²) in [6.45, 7) is 0.685. The van der Waals surface area contributed by atoms with E-state index in [1.165, 1.54) is 0 Å². The molecule has 0 aliphatic carbocycles. The van der Waals surface area contributed by atoms with E-state index >= 15 is 0 Å². The van der Waals surface area contributed by atoms with Gasteiger partial charge in [0.05, 0.1) is 13.2 Å². The van der Waals surface area contributed by atoms with Crippen molar-refractivity contribution in [2.75, 3.05) is 19.7 Å². The van der Waals surface area contributed by atoms with Crippen LogP contribution in [0, 0.1) is 0 Å². The molecule has 8 heteroatoms. The second-order valence-corrected chi connectivity index (χ2v) is 7.88. The van der Waals surface area contributed by atoms with Crippen molar-refractivity contribution in [1.29, 1.82) is 0 Å². The first-order chi connectivity index (χ1) is 15.0. The predicted molar refractivity (Wildman–Crippen MR) is 115 cm³/mol. The predicted octanol–water partition coefficient (Wildman–Crippen LogP) is 0.680. The van der Waals surface area contributed by atoms with E-state index in [0.717, 1.165) is 27.8 Å². The van der Waals surface area contributed by atoms with Crippen molar-refractivity contribution < 1.29 is 29.9 Å². The molecule has 0 radical (unpaired) electrons. The Morgan fingerprint density at radius 1 is 1.13 bits per heavy atom. The van der Waals surface area contributed by atoms with Crippen LogP contribution in [0.1, 0.15) is 11.1 Å². The van der Waals surface area contributed by atoms with Crippen LogP contribution in [-0.2, 0) is 17.8 Å². The van der Waals surface area contributed by atoms with Crippen LogP contribution < -0.4 is 10.1 Å². The van der Waals surface area contributed by atoms with Gasteiger partial charge in [0.25, 0.3) is 0 Å². The zero-order chi connectivity index (χ0) is 21.8. The maximum absolute atomic E-state index is 10.4. The van der Waals surface area contributed by atoms with Gasteiger partial charge >= 0.3 is 0 Å². The number of hydrogen-bond donors (Lipinski definition) is 6. The minimum absolute atomic E-state index is 0.0776. The standard InChI is InChI=1S/C23H28N2O6/c26-20-13-31-23(29,22(28)21(20)27)14-24-9-8-16-11-25-19-7-6-17(10-18(16)19)30-12-15-4-2-1-3-5-15/h1-7,10-11,20-22,24-29H,8-9,12-14H2/t20-,21-,22-,23+/m1/s1. The maximum atomic E-state index is 10.4. The second-order valence-electron chi connectivity index (χ2n) is 7.88. The molecule has 2 aromatic carbocycles. The fraction of sp³-hybridized carbons (Fsp3) is 0.391. The van der Waals surface area contributed by atoms with Crippen LogP contribution in [0.5, 0.6) is 5.75 Å². The summed E-state index contributed by atoms with van der Waals surface area (Å²) in [5.41, 5.74) is 3.19. The number of aliphatic hydroxyl groups excluding tert-OH is 3. The fourth-order valence-electron chi connectivity index (χ4n) is 3.73. The fourth-order valence-corrected chi connectivity index (χ4v) is 3.73. The molecule has 4 rings (SSSR count). The number of H-pyrrole nitrogens is 1. The molecule has 6 N–H and O–H groups in total. The third kappa shape index (κ3) is 4.90. The van der Waals surface area contributed by atoms with Crippen molar-refractivity contribution >= 4 is 10.9 Å². The Bertz CT molecular complexity index is 994. The summed E-state index contributed by atoms with van der Waals surface area (Å²) in [5, 5.41) is 43.8. The molecular formula is C23H28N2O6. The SMILES string of the molecule is O[C@@H]1[C@H](O)CO[C@@](O)(CNCCc2c[nH]c3ccc(OCc4ccccc4)cc23)[C@@H]1O. The number of aromatic amines is 1. The van der Waals surface area contributed by atoms with Crippen molar-refractivity contribution in [3.05, 3.63) is 65.9 Å². The third-order valence-corrected chi connectivity index (χ3v) is 5.62. The highest BCUT2D eigenvalue weighted by Gasteiger charge is 2.48. The number of rotatable bonds is 8. The van der Waals surface area contributed by atoms with Gasteiger partial charge in [0, 0.05) is 17.1 Å². The van der Waals surface area contributed by atoms with Crippen molar-refractivity contribution in [3.8, 4) is 5.75 Å². The van der Waals surface area contributed by atoms with Crippen LogP contribution in [-0.4, -0.2) is 69.2 Å². The van der Waals surface area contributed by atoms with E-state index in [2.05, 4.69) is 10.3 Å². The summed E-state index contributed by atoms with van der Waals surface area (Å²) in [7, 11) is 0. The van der Waals surface area contributed by atoms with Crippen LogP contribution in [0.2, 0.25) is 0 Å². The highest BCUT2D eigenvalue weighted by Crippen LogP contribution is 2.25. The Kier molecular flexibility index (Phi) is 6.57. The molecule has 0 amide bonds. The Morgan fingerprint density at radius 2 is 1.94 bits per heavy atom. The highest BCUT2D eigenvalue weighted by molar-refractivity contribution is 5.84. The average molecular weight is 428 g/mol. The number of benzene rings is 2. The average Bonchev–Trinajstić information content (AvgIpc) is 3.20. The Labute approximate surface area is 180 Å². The summed E-state index contributed by atoms with van der Waals surface area (Å²) in [4.78, 5) is 3.25. The second kappa shape index (κ2) is 9.35. The maximum Gasteiger partial charge on any atom is 0.207 e. The molecule has 3 aromatic rings. The highest BCUT2D eigenvalue weighted by atomic mass is 16.6. The van der Waals surface area contributed by atoms with Crippen molar-refractivity contribution in [1.82, 2.24) is 10.3 Å². The van der Waals surface area contributed by atoms with E-state index in [1.54, 1.807) is 0 Å². The largest absolute Gasteiger partial charge is 0.489 e. The van der Waals surface area contributed by atoms with Crippen LogP contribution in [0.15, 0.2) is 54.7 Å². The third-order valence-electron chi connectivity index (χ3n) is 5.62. The molecule has 166 valence electrons. The van der Waals surface area contributed by atoms with E-state index in [0.29, 0.717) is 19.6 Å². The first-order valence-electron chi connectivity index (χ1n) is 10.3. The van der Waals surface area contributed by atoms with E-state index in [4.69, 9.17) is 9.47 Å². The molecular weight excluding hydrogens is 400 g/mol. The summed E-state index contributed by atoms with van der Waals surface area (Å²) < 4.78 is 11.1. The molecule has 1 aromatic heterocycles. The lowest BCUT2D eigenvalue weighted by molar-refractivity contribution is -0.317. The van der Waals surface area contributed by atoms with Gasteiger partial charge in [-0.05, 0) is 42.3 Å². The minimum atomic E-state index is -1.95. The lowest BCUT2D eigenvalue weighted by atomic mass is 9.97.